The molecule has 0 aliphatic heterocycles. The van der Waals surface area contributed by atoms with Gasteiger partial charge in [-0.2, -0.15) is 0 Å². The second-order valence-electron chi connectivity index (χ2n) is 0. The fourth-order valence-electron chi connectivity index (χ4n) is 0. The molecule has 67 valence electrons. The van der Waals surface area contributed by atoms with Gasteiger partial charge in [-0.05, 0) is 0 Å². The molecule has 9 radical (unpaired) electrons. The molecular weight excluding hydrogens is 136 g/mol. The predicted molar refractivity (Wildman–Crippen MR) is 60.5 cm³/mol. The number of hydrogen-bond donors (Lipinski definition) is 0. The maximum absolute atomic E-state index is 2.00. The lowest BCUT2D eigenvalue weighted by molar-refractivity contribution is 1.11. The van der Waals surface area contributed by atoms with E-state index in [1.807, 2.05) is 41.5 Å². The van der Waals surface area contributed by atoms with Crippen LogP contribution in [0.4, 0.5) is 4.70 Å². The molecule has 0 saturated carbocycles. The van der Waals surface area contributed by atoms with E-state index in [4.69, 9.17) is 0 Å². The van der Waals surface area contributed by atoms with Gasteiger partial charge in [0.15, 0.2) is 0 Å². The summed E-state index contributed by atoms with van der Waals surface area (Å²) in [5.74, 6) is 0. The minimum atomic E-state index is 0. The zero-order chi connectivity index (χ0) is 6.00. The van der Waals surface area contributed by atoms with Crippen molar-refractivity contribution in [3.8, 4) is 0 Å². The molecule has 11 heavy (non-hydrogen) atoms. The van der Waals surface area contributed by atoms with Gasteiger partial charge in [0.2, 0.25) is 0 Å². The zero-order valence-electron chi connectivity index (χ0n) is 8.14. The van der Waals surface area contributed by atoms with Crippen LogP contribution in [0.1, 0.15) is 49.0 Å². The van der Waals surface area contributed by atoms with E-state index in [2.05, 4.69) is 0 Å². The number of halogens is 1. The Morgan fingerprint density at radius 2 is 0.455 bits per heavy atom. The molecule has 0 rings (SSSR count). The molecule has 4 heteroatoms. The molecule has 0 atom stereocenters. The molecule has 0 nitrogen and oxygen atoms in total. The van der Waals surface area contributed by atoms with Crippen LogP contribution in [0, 0.1) is 0 Å². The van der Waals surface area contributed by atoms with Crippen molar-refractivity contribution in [3.05, 3.63) is 0 Å². The first kappa shape index (κ1) is 117. The highest BCUT2D eigenvalue weighted by Gasteiger charge is 0.936. The summed E-state index contributed by atoms with van der Waals surface area (Å²) in [5, 5.41) is 0. The molecule has 0 heterocycles. The molecule has 0 aromatic carbocycles. The van der Waals surface area contributed by atoms with E-state index in [1.165, 1.54) is 0 Å². The van der Waals surface area contributed by atoms with E-state index >= 15 is 0 Å². The summed E-state index contributed by atoms with van der Waals surface area (Å²) in [5.41, 5.74) is 0. The van der Waals surface area contributed by atoms with Gasteiger partial charge in [0.1, 0.15) is 0 Å². The average Bonchev–Trinajstić information content (AvgIpc) is 1.81. The van der Waals surface area contributed by atoms with Gasteiger partial charge in [-0.1, -0.05) is 49.0 Å². The summed E-state index contributed by atoms with van der Waals surface area (Å²) >= 11 is 0. The molecule has 0 amide bonds. The summed E-state index contributed by atoms with van der Waals surface area (Å²) in [6.07, 6.45) is 0. The van der Waals surface area contributed by atoms with E-state index in [0.29, 0.717) is 0 Å². The second kappa shape index (κ2) is 54100. The monoisotopic (exact) mass is 159 g/mol. The van der Waals surface area contributed by atoms with Gasteiger partial charge in [0, 0.05) is 25.2 Å². The van der Waals surface area contributed by atoms with Crippen LogP contribution in [-0.2, 0) is 0 Å². The van der Waals surface area contributed by atoms with Gasteiger partial charge in [-0.15, -0.1) is 0 Å². The van der Waals surface area contributed by atoms with Gasteiger partial charge < -0.3 is 0 Å². The van der Waals surface area contributed by atoms with Crippen LogP contribution in [0.2, 0.25) is 0 Å². The van der Waals surface area contributed by atoms with Crippen molar-refractivity contribution in [2.75, 3.05) is 0 Å². The fourth-order valence-corrected chi connectivity index (χ4v) is 0. The second-order valence-corrected chi connectivity index (χ2v) is 0. The van der Waals surface area contributed by atoms with E-state index in [9.17, 15) is 0 Å². The van der Waals surface area contributed by atoms with Crippen molar-refractivity contribution < 1.29 is 4.70 Å². The van der Waals surface area contributed by atoms with Gasteiger partial charge in [0.25, 0.3) is 0 Å². The summed E-state index contributed by atoms with van der Waals surface area (Å²) in [6.45, 7) is 12.0. The first-order valence-electron chi connectivity index (χ1n) is 3.00. The Balaban J connectivity index is -0.00000000167. The Bertz CT molecular complexity index is 13.6. The SMILES string of the molecule is C.CC.CC.CC.F.[B].[B].[B]. The minimum absolute atomic E-state index is 0. The number of hydrogen-bond acceptors (Lipinski definition) is 0. The average molecular weight is 159 g/mol. The molecular formula is C7H23B3F. The minimum Gasteiger partial charge on any atom is -0.269 e. The lowest BCUT2D eigenvalue weighted by atomic mass is 10.8. The molecule has 0 aromatic rings. The quantitative estimate of drug-likeness (QED) is 0.476. The molecule has 0 aliphatic rings. The molecule has 0 saturated heterocycles. The first-order chi connectivity index (χ1) is 3.00. The highest BCUT2D eigenvalue weighted by atomic mass is 19.0. The normalized spacial score (nSPS) is 1.64. The molecule has 0 fully saturated rings. The van der Waals surface area contributed by atoms with Crippen LogP contribution in [-0.4, -0.2) is 25.2 Å². The van der Waals surface area contributed by atoms with E-state index < -0.39 is 0 Å². The van der Waals surface area contributed by atoms with Gasteiger partial charge in [-0.3, -0.25) is 4.70 Å². The summed E-state index contributed by atoms with van der Waals surface area (Å²) in [6, 6.07) is 0. The summed E-state index contributed by atoms with van der Waals surface area (Å²) in [4.78, 5) is 0. The Hall–Kier alpha value is 0.125. The van der Waals surface area contributed by atoms with Crippen LogP contribution in [0.15, 0.2) is 0 Å². The Morgan fingerprint density at radius 3 is 0.455 bits per heavy atom. The standard InChI is InChI=1S/3C2H6.CH4.3B.FH/c3*1-2;;;;;/h3*1-2H3;1H4;;;;1H. The highest BCUT2D eigenvalue weighted by molar-refractivity contribution is 5.76. The van der Waals surface area contributed by atoms with Crippen molar-refractivity contribution >= 4 is 25.2 Å². The Morgan fingerprint density at radius 1 is 0.455 bits per heavy atom. The van der Waals surface area contributed by atoms with Crippen LogP contribution >= 0.6 is 0 Å². The molecule has 0 spiro atoms. The van der Waals surface area contributed by atoms with Crippen LogP contribution in [0.5, 0.6) is 0 Å². The maximum atomic E-state index is 2.00. The number of rotatable bonds is 0. The lowest BCUT2D eigenvalue weighted by Crippen LogP contribution is -0.856. The maximum Gasteiger partial charge on any atom is 0 e. The molecule has 0 aliphatic carbocycles. The smallest absolute Gasteiger partial charge is 0 e. The van der Waals surface area contributed by atoms with Gasteiger partial charge >= 0.3 is 0 Å². The Kier molecular flexibility index (Phi) is 575000. The van der Waals surface area contributed by atoms with Crippen molar-refractivity contribution in [2.24, 2.45) is 0 Å². The van der Waals surface area contributed by atoms with Crippen molar-refractivity contribution in [1.82, 2.24) is 0 Å². The lowest BCUT2D eigenvalue weighted by Gasteiger charge is -1.07. The van der Waals surface area contributed by atoms with Crippen LogP contribution in [0.3, 0.4) is 0 Å². The molecule has 0 unspecified atom stereocenters. The van der Waals surface area contributed by atoms with Crippen LogP contribution < -0.4 is 0 Å². The highest BCUT2D eigenvalue weighted by Crippen LogP contribution is 1.15. The van der Waals surface area contributed by atoms with Crippen molar-refractivity contribution in [3.63, 3.8) is 0 Å². The Labute approximate surface area is 79.6 Å². The molecule has 0 N–H and O–H groups in total. The van der Waals surface area contributed by atoms with Gasteiger partial charge in [0.05, 0.1) is 0 Å². The van der Waals surface area contributed by atoms with E-state index in [1.54, 1.807) is 0 Å². The van der Waals surface area contributed by atoms with E-state index in [-0.39, 0.29) is 37.4 Å². The third-order valence-electron chi connectivity index (χ3n) is 0. The molecule has 0 bridgehead atoms. The zero-order valence-corrected chi connectivity index (χ0v) is 8.14. The fraction of sp³-hybridized carbons (Fsp3) is 1.00. The third kappa shape index (κ3) is 42900. The van der Waals surface area contributed by atoms with Crippen LogP contribution in [0.25, 0.3) is 0 Å². The topological polar surface area (TPSA) is 0 Å². The largest absolute Gasteiger partial charge is 0.269 e. The molecule has 0 aromatic heterocycles. The van der Waals surface area contributed by atoms with Crippen molar-refractivity contribution in [1.29, 1.82) is 0 Å². The first-order valence-corrected chi connectivity index (χ1v) is 3.00. The summed E-state index contributed by atoms with van der Waals surface area (Å²) in [7, 11) is 0. The third-order valence-corrected chi connectivity index (χ3v) is 0. The predicted octanol–water partition coefficient (Wildman–Crippen LogP) is 2.72. The van der Waals surface area contributed by atoms with Crippen molar-refractivity contribution in [2.45, 2.75) is 49.0 Å². The van der Waals surface area contributed by atoms with Gasteiger partial charge in [-0.25, -0.2) is 0 Å². The van der Waals surface area contributed by atoms with E-state index in [0.717, 1.165) is 0 Å². The summed E-state index contributed by atoms with van der Waals surface area (Å²) < 4.78 is 0.